The van der Waals surface area contributed by atoms with Crippen molar-refractivity contribution in [1.82, 2.24) is 10.2 Å². The predicted octanol–water partition coefficient (Wildman–Crippen LogP) is 0.0388. The molecule has 2 rings (SSSR count). The fraction of sp³-hybridized carbons (Fsp3) is 0.429. The van der Waals surface area contributed by atoms with Gasteiger partial charge in [0.05, 0.1) is 6.10 Å². The van der Waals surface area contributed by atoms with Gasteiger partial charge in [0.25, 0.3) is 5.91 Å². The molecule has 0 bridgehead atoms. The van der Waals surface area contributed by atoms with Crippen molar-refractivity contribution in [3.63, 3.8) is 0 Å². The summed E-state index contributed by atoms with van der Waals surface area (Å²) in [6, 6.07) is 9.15. The Morgan fingerprint density at radius 2 is 2.20 bits per heavy atom. The first-order chi connectivity index (χ1) is 9.65. The smallest absolute Gasteiger partial charge is 0.258 e. The molecule has 1 heterocycles. The molecule has 0 aliphatic carbocycles. The van der Waals surface area contributed by atoms with Crippen LogP contribution in [0.5, 0.6) is 5.75 Å². The Labute approximate surface area is 117 Å². The Hall–Kier alpha value is -2.08. The van der Waals surface area contributed by atoms with Gasteiger partial charge in [-0.15, -0.1) is 0 Å². The van der Waals surface area contributed by atoms with E-state index in [0.29, 0.717) is 18.8 Å². The Kier molecular flexibility index (Phi) is 4.95. The van der Waals surface area contributed by atoms with Gasteiger partial charge in [-0.25, -0.2) is 0 Å². The Bertz CT molecular complexity index is 464. The first kappa shape index (κ1) is 14.3. The molecule has 1 aromatic carbocycles. The molecule has 108 valence electrons. The molecule has 2 amide bonds. The number of nitrogens with zero attached hydrogens (tertiary/aromatic N) is 1. The van der Waals surface area contributed by atoms with Crippen LogP contribution >= 0.6 is 0 Å². The molecule has 1 aliphatic rings. The highest BCUT2D eigenvalue weighted by Gasteiger charge is 2.23. The van der Waals surface area contributed by atoms with Gasteiger partial charge >= 0.3 is 0 Å². The van der Waals surface area contributed by atoms with Gasteiger partial charge in [0.2, 0.25) is 5.91 Å². The second-order valence-corrected chi connectivity index (χ2v) is 4.61. The molecule has 0 spiro atoms. The Morgan fingerprint density at radius 1 is 1.45 bits per heavy atom. The van der Waals surface area contributed by atoms with Crippen molar-refractivity contribution in [3.8, 4) is 5.75 Å². The Balaban J connectivity index is 1.66. The number of hydrogen-bond acceptors (Lipinski definition) is 4. The first-order valence-corrected chi connectivity index (χ1v) is 6.45. The van der Waals surface area contributed by atoms with Gasteiger partial charge in [0, 0.05) is 20.1 Å². The third kappa shape index (κ3) is 4.24. The van der Waals surface area contributed by atoms with Gasteiger partial charge in [-0.1, -0.05) is 18.2 Å². The lowest BCUT2D eigenvalue weighted by Gasteiger charge is -2.29. The lowest BCUT2D eigenvalue weighted by molar-refractivity contribution is -0.146. The second-order valence-electron chi connectivity index (χ2n) is 4.61. The molecule has 1 fully saturated rings. The monoisotopic (exact) mass is 278 g/mol. The van der Waals surface area contributed by atoms with E-state index in [-0.39, 0.29) is 31.1 Å². The van der Waals surface area contributed by atoms with Crippen molar-refractivity contribution in [2.45, 2.75) is 6.10 Å². The highest BCUT2D eigenvalue weighted by molar-refractivity contribution is 5.78. The third-order valence-electron chi connectivity index (χ3n) is 2.99. The van der Waals surface area contributed by atoms with Gasteiger partial charge in [0.15, 0.2) is 6.61 Å². The third-order valence-corrected chi connectivity index (χ3v) is 2.99. The van der Waals surface area contributed by atoms with Crippen LogP contribution in [0.3, 0.4) is 0 Å². The summed E-state index contributed by atoms with van der Waals surface area (Å²) < 4.78 is 10.7. The van der Waals surface area contributed by atoms with Crippen molar-refractivity contribution in [2.75, 3.05) is 33.4 Å². The number of carbonyl (C=O) groups excluding carboxylic acids is 2. The van der Waals surface area contributed by atoms with Crippen molar-refractivity contribution < 1.29 is 19.1 Å². The van der Waals surface area contributed by atoms with E-state index in [4.69, 9.17) is 9.47 Å². The van der Waals surface area contributed by atoms with Crippen LogP contribution in [0.25, 0.3) is 0 Å². The average molecular weight is 278 g/mol. The fourth-order valence-electron chi connectivity index (χ4n) is 1.83. The quantitative estimate of drug-likeness (QED) is 0.825. The molecule has 0 saturated carbocycles. The van der Waals surface area contributed by atoms with Gasteiger partial charge in [-0.2, -0.15) is 0 Å². The molecule has 6 heteroatoms. The van der Waals surface area contributed by atoms with Crippen LogP contribution < -0.4 is 10.1 Å². The van der Waals surface area contributed by atoms with E-state index in [9.17, 15) is 9.59 Å². The largest absolute Gasteiger partial charge is 0.484 e. The van der Waals surface area contributed by atoms with Crippen LogP contribution in [0.15, 0.2) is 30.3 Å². The fourth-order valence-corrected chi connectivity index (χ4v) is 1.83. The molecule has 1 saturated heterocycles. The molecule has 20 heavy (non-hydrogen) atoms. The summed E-state index contributed by atoms with van der Waals surface area (Å²) in [6.07, 6.45) is -0.168. The summed E-state index contributed by atoms with van der Waals surface area (Å²) >= 11 is 0. The molecule has 1 unspecified atom stereocenters. The van der Waals surface area contributed by atoms with Crippen molar-refractivity contribution in [2.24, 2.45) is 0 Å². The maximum atomic E-state index is 11.6. The zero-order valence-electron chi connectivity index (χ0n) is 11.4. The van der Waals surface area contributed by atoms with Crippen molar-refractivity contribution in [1.29, 1.82) is 0 Å². The van der Waals surface area contributed by atoms with E-state index < -0.39 is 0 Å². The number of carbonyl (C=O) groups is 2. The first-order valence-electron chi connectivity index (χ1n) is 6.45. The molecule has 1 N–H and O–H groups in total. The minimum absolute atomic E-state index is 0.0362. The van der Waals surface area contributed by atoms with E-state index in [0.717, 1.165) is 0 Å². The van der Waals surface area contributed by atoms with Crippen molar-refractivity contribution in [3.05, 3.63) is 30.3 Å². The topological polar surface area (TPSA) is 67.9 Å². The zero-order valence-corrected chi connectivity index (χ0v) is 11.4. The second kappa shape index (κ2) is 6.91. The minimum atomic E-state index is -0.211. The highest BCUT2D eigenvalue weighted by atomic mass is 16.5. The minimum Gasteiger partial charge on any atom is -0.484 e. The van der Waals surface area contributed by atoms with E-state index >= 15 is 0 Å². The summed E-state index contributed by atoms with van der Waals surface area (Å²) in [4.78, 5) is 24.5. The summed E-state index contributed by atoms with van der Waals surface area (Å²) in [5.41, 5.74) is 0. The number of nitrogens with one attached hydrogen (secondary N) is 1. The number of likely N-dealkylation sites (N-methyl/N-ethyl adjacent to an activating group) is 1. The van der Waals surface area contributed by atoms with E-state index in [2.05, 4.69) is 5.32 Å². The molecule has 0 aromatic heterocycles. The van der Waals surface area contributed by atoms with Gasteiger partial charge in [0.1, 0.15) is 12.4 Å². The SMILES string of the molecule is CN1CC(CNC(=O)COc2ccccc2)OCC1=O. The maximum Gasteiger partial charge on any atom is 0.258 e. The van der Waals surface area contributed by atoms with Gasteiger partial charge < -0.3 is 19.7 Å². The molecule has 1 aromatic rings. The molecular formula is C14H18N2O4. The van der Waals surface area contributed by atoms with Gasteiger partial charge in [-0.3, -0.25) is 9.59 Å². The number of benzene rings is 1. The summed E-state index contributed by atoms with van der Waals surface area (Å²) in [6.45, 7) is 0.885. The average Bonchev–Trinajstić information content (AvgIpc) is 2.47. The maximum absolute atomic E-state index is 11.6. The molecule has 0 radical (unpaired) electrons. The molecule has 1 aliphatic heterocycles. The number of amides is 2. The van der Waals surface area contributed by atoms with Crippen molar-refractivity contribution >= 4 is 11.8 Å². The molecular weight excluding hydrogens is 260 g/mol. The van der Waals surface area contributed by atoms with E-state index in [1.165, 1.54) is 0 Å². The van der Waals surface area contributed by atoms with Crippen LogP contribution in [-0.4, -0.2) is 56.2 Å². The van der Waals surface area contributed by atoms with E-state index in [1.807, 2.05) is 18.2 Å². The number of para-hydroxylation sites is 1. The number of morpholine rings is 1. The molecule has 1 atom stereocenters. The van der Waals surface area contributed by atoms with Crippen LogP contribution in [0, 0.1) is 0 Å². The number of rotatable bonds is 5. The molecule has 6 nitrogen and oxygen atoms in total. The van der Waals surface area contributed by atoms with E-state index in [1.54, 1.807) is 24.1 Å². The van der Waals surface area contributed by atoms with Crippen LogP contribution in [0.4, 0.5) is 0 Å². The lowest BCUT2D eigenvalue weighted by Crippen LogP contribution is -2.49. The normalized spacial score (nSPS) is 18.8. The van der Waals surface area contributed by atoms with Gasteiger partial charge in [-0.05, 0) is 12.1 Å². The number of hydrogen-bond donors (Lipinski definition) is 1. The lowest BCUT2D eigenvalue weighted by atomic mass is 10.3. The summed E-state index contributed by atoms with van der Waals surface area (Å²) in [7, 11) is 1.72. The van der Waals surface area contributed by atoms with Crippen LogP contribution in [0.2, 0.25) is 0 Å². The zero-order chi connectivity index (χ0) is 14.4. The Morgan fingerprint density at radius 3 is 2.90 bits per heavy atom. The summed E-state index contributed by atoms with van der Waals surface area (Å²) in [5.74, 6) is 0.402. The standard InChI is InChI=1S/C14H18N2O4/c1-16-8-12(20-10-14(16)18)7-15-13(17)9-19-11-5-3-2-4-6-11/h2-6,12H,7-10H2,1H3,(H,15,17). The highest BCUT2D eigenvalue weighted by Crippen LogP contribution is 2.07. The van der Waals surface area contributed by atoms with Crippen LogP contribution in [-0.2, 0) is 14.3 Å². The predicted molar refractivity (Wildman–Crippen MR) is 72.3 cm³/mol. The van der Waals surface area contributed by atoms with Crippen LogP contribution in [0.1, 0.15) is 0 Å². The number of ether oxygens (including phenoxy) is 2. The summed E-state index contributed by atoms with van der Waals surface area (Å²) in [5, 5.41) is 2.73.